The van der Waals surface area contributed by atoms with Gasteiger partial charge in [0.2, 0.25) is 5.88 Å². The summed E-state index contributed by atoms with van der Waals surface area (Å²) in [5, 5.41) is 6.19. The van der Waals surface area contributed by atoms with Gasteiger partial charge in [-0.15, -0.1) is 24.8 Å². The van der Waals surface area contributed by atoms with E-state index in [1.165, 1.54) is 0 Å². The minimum absolute atomic E-state index is 0. The molecule has 0 spiro atoms. The molecule has 3 rings (SSSR count). The van der Waals surface area contributed by atoms with E-state index in [0.29, 0.717) is 11.3 Å². The van der Waals surface area contributed by atoms with Crippen LogP contribution in [0.1, 0.15) is 28.8 Å². The van der Waals surface area contributed by atoms with Crippen LogP contribution in [0.15, 0.2) is 42.6 Å². The van der Waals surface area contributed by atoms with Crippen molar-refractivity contribution in [1.29, 1.82) is 0 Å². The molecular weight excluding hydrogens is 418 g/mol. The highest BCUT2D eigenvalue weighted by Crippen LogP contribution is 2.30. The monoisotopic (exact) mass is 437 g/mol. The molecule has 2 aromatic rings. The van der Waals surface area contributed by atoms with E-state index in [1.807, 2.05) is 0 Å². The first kappa shape index (κ1) is 24.0. The SMILES string of the molecule is Cl.Cl.O=C(N[C@H]1CCCNC1)c1ccc(Oc2ccc(C(F)(F)F)cn2)cc1. The molecule has 1 aromatic carbocycles. The third-order valence-electron chi connectivity index (χ3n) is 4.03. The summed E-state index contributed by atoms with van der Waals surface area (Å²) < 4.78 is 42.9. The van der Waals surface area contributed by atoms with Crippen LogP contribution in [0.4, 0.5) is 13.2 Å². The number of ether oxygens (including phenoxy) is 1. The van der Waals surface area contributed by atoms with E-state index in [-0.39, 0.29) is 42.6 Å². The summed E-state index contributed by atoms with van der Waals surface area (Å²) in [6.45, 7) is 1.73. The second-order valence-electron chi connectivity index (χ2n) is 6.03. The van der Waals surface area contributed by atoms with Gasteiger partial charge in [0.1, 0.15) is 5.75 Å². The number of aromatic nitrogens is 1. The Morgan fingerprint density at radius 1 is 1.14 bits per heavy atom. The number of amides is 1. The fraction of sp³-hybridized carbons (Fsp3) is 0.333. The highest BCUT2D eigenvalue weighted by molar-refractivity contribution is 5.94. The van der Waals surface area contributed by atoms with Crippen LogP contribution in [-0.2, 0) is 6.18 Å². The molecule has 10 heteroatoms. The fourth-order valence-electron chi connectivity index (χ4n) is 2.65. The van der Waals surface area contributed by atoms with Crippen molar-refractivity contribution in [3.8, 4) is 11.6 Å². The molecule has 1 aromatic heterocycles. The molecule has 5 nitrogen and oxygen atoms in total. The van der Waals surface area contributed by atoms with Crippen molar-refractivity contribution in [3.05, 3.63) is 53.7 Å². The van der Waals surface area contributed by atoms with E-state index in [0.717, 1.165) is 44.3 Å². The first-order chi connectivity index (χ1) is 12.4. The van der Waals surface area contributed by atoms with Crippen LogP contribution in [0, 0.1) is 0 Å². The molecule has 1 saturated heterocycles. The summed E-state index contributed by atoms with van der Waals surface area (Å²) in [5.41, 5.74) is -0.350. The molecule has 28 heavy (non-hydrogen) atoms. The van der Waals surface area contributed by atoms with Gasteiger partial charge in [-0.1, -0.05) is 0 Å². The highest BCUT2D eigenvalue weighted by Gasteiger charge is 2.30. The van der Waals surface area contributed by atoms with Gasteiger partial charge in [-0.3, -0.25) is 4.79 Å². The van der Waals surface area contributed by atoms with Crippen molar-refractivity contribution in [1.82, 2.24) is 15.6 Å². The van der Waals surface area contributed by atoms with Crippen LogP contribution >= 0.6 is 24.8 Å². The molecule has 0 unspecified atom stereocenters. The van der Waals surface area contributed by atoms with Crippen molar-refractivity contribution in [2.75, 3.05) is 13.1 Å². The van der Waals surface area contributed by atoms with Crippen LogP contribution in [0.5, 0.6) is 11.6 Å². The number of halogens is 5. The lowest BCUT2D eigenvalue weighted by molar-refractivity contribution is -0.137. The molecule has 2 heterocycles. The first-order valence-corrected chi connectivity index (χ1v) is 8.24. The first-order valence-electron chi connectivity index (χ1n) is 8.24. The average Bonchev–Trinajstić information content (AvgIpc) is 2.63. The Kier molecular flexibility index (Phi) is 9.00. The van der Waals surface area contributed by atoms with E-state index in [1.54, 1.807) is 24.3 Å². The molecule has 0 aliphatic carbocycles. The van der Waals surface area contributed by atoms with Gasteiger partial charge < -0.3 is 15.4 Å². The van der Waals surface area contributed by atoms with Gasteiger partial charge in [-0.25, -0.2) is 4.98 Å². The number of nitrogens with one attached hydrogen (secondary N) is 2. The maximum absolute atomic E-state index is 12.5. The molecule has 1 aliphatic heterocycles. The summed E-state index contributed by atoms with van der Waals surface area (Å²) >= 11 is 0. The molecule has 0 radical (unpaired) electrons. The molecule has 0 bridgehead atoms. The molecular formula is C18H20Cl2F3N3O2. The Balaban J connectivity index is 0.00000196. The maximum atomic E-state index is 12.5. The molecule has 1 fully saturated rings. The standard InChI is InChI=1S/C18H18F3N3O2.2ClH/c19-18(20,21)13-5-8-16(23-10-13)26-15-6-3-12(4-7-15)17(25)24-14-2-1-9-22-11-14;;/h3-8,10,14,22H,1-2,9,11H2,(H,24,25);2*1H/t14-;;/m0../s1. The second-order valence-corrected chi connectivity index (χ2v) is 6.03. The van der Waals surface area contributed by atoms with E-state index in [2.05, 4.69) is 15.6 Å². The van der Waals surface area contributed by atoms with E-state index in [9.17, 15) is 18.0 Å². The van der Waals surface area contributed by atoms with Crippen molar-refractivity contribution >= 4 is 30.7 Å². The van der Waals surface area contributed by atoms with Gasteiger partial charge in [0, 0.05) is 30.4 Å². The molecule has 0 saturated carbocycles. The number of piperidine rings is 1. The van der Waals surface area contributed by atoms with Crippen molar-refractivity contribution in [2.45, 2.75) is 25.1 Å². The molecule has 1 amide bonds. The number of carbonyl (C=O) groups excluding carboxylic acids is 1. The number of rotatable bonds is 4. The quantitative estimate of drug-likeness (QED) is 0.751. The topological polar surface area (TPSA) is 63.2 Å². The predicted octanol–water partition coefficient (Wildman–Crippen LogP) is 4.22. The van der Waals surface area contributed by atoms with Gasteiger partial charge in [0.05, 0.1) is 5.56 Å². The summed E-state index contributed by atoms with van der Waals surface area (Å²) in [6.07, 6.45) is -1.75. The van der Waals surface area contributed by atoms with Gasteiger partial charge in [-0.2, -0.15) is 13.2 Å². The Labute approximate surface area is 172 Å². The maximum Gasteiger partial charge on any atom is 0.417 e. The van der Waals surface area contributed by atoms with Crippen LogP contribution in [0.25, 0.3) is 0 Å². The van der Waals surface area contributed by atoms with Crippen molar-refractivity contribution in [2.24, 2.45) is 0 Å². The summed E-state index contributed by atoms with van der Waals surface area (Å²) in [4.78, 5) is 15.9. The van der Waals surface area contributed by atoms with Crippen LogP contribution < -0.4 is 15.4 Å². The minimum atomic E-state index is -4.44. The average molecular weight is 438 g/mol. The lowest BCUT2D eigenvalue weighted by Gasteiger charge is -2.23. The Morgan fingerprint density at radius 2 is 1.86 bits per heavy atom. The zero-order chi connectivity index (χ0) is 18.6. The predicted molar refractivity (Wildman–Crippen MR) is 104 cm³/mol. The van der Waals surface area contributed by atoms with Crippen molar-refractivity contribution in [3.63, 3.8) is 0 Å². The Hall–Kier alpha value is -2.03. The third-order valence-corrected chi connectivity index (χ3v) is 4.03. The molecule has 154 valence electrons. The number of hydrogen-bond acceptors (Lipinski definition) is 4. The minimum Gasteiger partial charge on any atom is -0.439 e. The van der Waals surface area contributed by atoms with Crippen LogP contribution in [-0.4, -0.2) is 30.0 Å². The zero-order valence-electron chi connectivity index (χ0n) is 14.7. The second kappa shape index (κ2) is 10.5. The largest absolute Gasteiger partial charge is 0.439 e. The van der Waals surface area contributed by atoms with E-state index < -0.39 is 11.7 Å². The third kappa shape index (κ3) is 6.54. The highest BCUT2D eigenvalue weighted by atomic mass is 35.5. The van der Waals surface area contributed by atoms with E-state index in [4.69, 9.17) is 4.74 Å². The van der Waals surface area contributed by atoms with E-state index >= 15 is 0 Å². The number of nitrogens with zero attached hydrogens (tertiary/aromatic N) is 1. The smallest absolute Gasteiger partial charge is 0.417 e. The summed E-state index contributed by atoms with van der Waals surface area (Å²) in [6, 6.07) is 8.53. The zero-order valence-corrected chi connectivity index (χ0v) is 16.3. The molecule has 1 aliphatic rings. The summed E-state index contributed by atoms with van der Waals surface area (Å²) in [5.74, 6) is 0.259. The van der Waals surface area contributed by atoms with Gasteiger partial charge in [0.15, 0.2) is 0 Å². The Morgan fingerprint density at radius 3 is 2.39 bits per heavy atom. The summed E-state index contributed by atoms with van der Waals surface area (Å²) in [7, 11) is 0. The van der Waals surface area contributed by atoms with Gasteiger partial charge in [0.25, 0.3) is 5.91 Å². The van der Waals surface area contributed by atoms with Crippen molar-refractivity contribution < 1.29 is 22.7 Å². The number of hydrogen-bond donors (Lipinski definition) is 2. The molecule has 1 atom stereocenters. The molecule has 2 N–H and O–H groups in total. The lowest BCUT2D eigenvalue weighted by atomic mass is 10.1. The normalized spacial score (nSPS) is 16.3. The lowest BCUT2D eigenvalue weighted by Crippen LogP contribution is -2.45. The number of alkyl halides is 3. The Bertz CT molecular complexity index is 750. The van der Waals surface area contributed by atoms with Gasteiger partial charge in [-0.05, 0) is 49.7 Å². The van der Waals surface area contributed by atoms with Gasteiger partial charge >= 0.3 is 6.18 Å². The number of carbonyl (C=O) groups is 1. The number of benzene rings is 1. The van der Waals surface area contributed by atoms with Crippen LogP contribution in [0.3, 0.4) is 0 Å². The fourth-order valence-corrected chi connectivity index (χ4v) is 2.65. The number of pyridine rings is 1. The van der Waals surface area contributed by atoms with Crippen LogP contribution in [0.2, 0.25) is 0 Å².